The van der Waals surface area contributed by atoms with Crippen LogP contribution in [0.5, 0.6) is 0 Å². The second kappa shape index (κ2) is 5.87. The highest BCUT2D eigenvalue weighted by Gasteiger charge is 2.35. The molecule has 0 radical (unpaired) electrons. The van der Waals surface area contributed by atoms with Crippen LogP contribution < -0.4 is 5.32 Å². The molecule has 114 valence electrons. The van der Waals surface area contributed by atoms with Crippen LogP contribution in [-0.4, -0.2) is 16.6 Å². The molecule has 0 fully saturated rings. The summed E-state index contributed by atoms with van der Waals surface area (Å²) in [6.45, 7) is 1.05. The number of nitrogens with one attached hydrogen (secondary N) is 1. The van der Waals surface area contributed by atoms with E-state index in [-0.39, 0.29) is 5.69 Å². The van der Waals surface area contributed by atoms with Crippen LogP contribution in [0.25, 0.3) is 0 Å². The molecule has 0 spiro atoms. The van der Waals surface area contributed by atoms with Crippen molar-refractivity contribution in [2.75, 3.05) is 6.54 Å². The topological polar surface area (TPSA) is 75.4 Å². The van der Waals surface area contributed by atoms with Crippen molar-refractivity contribution in [3.05, 3.63) is 75.3 Å². The van der Waals surface area contributed by atoms with Gasteiger partial charge in [0.1, 0.15) is 5.60 Å². The average Bonchev–Trinajstić information content (AvgIpc) is 2.86. The Kier molecular flexibility index (Phi) is 3.92. The molecule has 0 aliphatic heterocycles. The fourth-order valence-electron chi connectivity index (χ4n) is 3.00. The van der Waals surface area contributed by atoms with Crippen LogP contribution in [0.3, 0.4) is 0 Å². The summed E-state index contributed by atoms with van der Waals surface area (Å²) in [7, 11) is 0. The van der Waals surface area contributed by atoms with E-state index in [0.29, 0.717) is 13.1 Å². The smallest absolute Gasteiger partial charge is 0.269 e. The van der Waals surface area contributed by atoms with Gasteiger partial charge in [-0.1, -0.05) is 36.4 Å². The molecular weight excluding hydrogens is 280 g/mol. The van der Waals surface area contributed by atoms with Gasteiger partial charge in [0.05, 0.1) is 4.92 Å². The van der Waals surface area contributed by atoms with E-state index in [1.807, 2.05) is 18.2 Å². The summed E-state index contributed by atoms with van der Waals surface area (Å²) in [5, 5.41) is 24.7. The lowest BCUT2D eigenvalue weighted by Crippen LogP contribution is -2.35. The monoisotopic (exact) mass is 298 g/mol. The minimum atomic E-state index is -0.822. The van der Waals surface area contributed by atoms with E-state index >= 15 is 0 Å². The van der Waals surface area contributed by atoms with E-state index in [4.69, 9.17) is 0 Å². The molecule has 1 aliphatic rings. The van der Waals surface area contributed by atoms with Crippen molar-refractivity contribution in [3.8, 4) is 0 Å². The largest absolute Gasteiger partial charge is 0.384 e. The lowest BCUT2D eigenvalue weighted by molar-refractivity contribution is -0.384. The van der Waals surface area contributed by atoms with Crippen LogP contribution in [0.1, 0.15) is 23.1 Å². The van der Waals surface area contributed by atoms with Gasteiger partial charge < -0.3 is 10.4 Å². The first-order valence-electron chi connectivity index (χ1n) is 7.33. The number of hydrogen-bond donors (Lipinski definition) is 2. The minimum absolute atomic E-state index is 0.0899. The summed E-state index contributed by atoms with van der Waals surface area (Å²) in [6.07, 6.45) is 1.62. The Morgan fingerprint density at radius 2 is 1.91 bits per heavy atom. The number of nitro benzene ring substituents is 1. The number of nitrogens with zero attached hydrogens (tertiary/aromatic N) is 1. The van der Waals surface area contributed by atoms with E-state index in [9.17, 15) is 15.2 Å². The van der Waals surface area contributed by atoms with Crippen LogP contribution >= 0.6 is 0 Å². The zero-order chi connectivity index (χ0) is 15.6. The molecule has 0 bridgehead atoms. The lowest BCUT2D eigenvalue weighted by atomic mass is 9.96. The molecule has 0 saturated heterocycles. The summed E-state index contributed by atoms with van der Waals surface area (Å²) in [6, 6.07) is 14.4. The number of aliphatic hydroxyl groups is 1. The number of rotatable bonds is 5. The molecule has 5 nitrogen and oxygen atoms in total. The normalized spacial score (nSPS) is 19.9. The summed E-state index contributed by atoms with van der Waals surface area (Å²) in [4.78, 5) is 10.2. The van der Waals surface area contributed by atoms with Crippen LogP contribution in [-0.2, 0) is 18.6 Å². The maximum atomic E-state index is 10.8. The SMILES string of the molecule is O=[N+]([O-])c1ccc(CNCC2(O)CCc3ccccc32)cc1. The van der Waals surface area contributed by atoms with Crippen molar-refractivity contribution in [2.45, 2.75) is 25.0 Å². The fraction of sp³-hybridized carbons (Fsp3) is 0.294. The molecule has 22 heavy (non-hydrogen) atoms. The molecule has 5 heteroatoms. The van der Waals surface area contributed by atoms with Gasteiger partial charge in [-0.3, -0.25) is 10.1 Å². The van der Waals surface area contributed by atoms with Gasteiger partial charge in [-0.2, -0.15) is 0 Å². The predicted molar refractivity (Wildman–Crippen MR) is 83.5 cm³/mol. The highest BCUT2D eigenvalue weighted by molar-refractivity contribution is 5.37. The molecule has 2 aromatic carbocycles. The van der Waals surface area contributed by atoms with Crippen LogP contribution in [0.2, 0.25) is 0 Å². The fourth-order valence-corrected chi connectivity index (χ4v) is 3.00. The van der Waals surface area contributed by atoms with Gasteiger partial charge in [0.15, 0.2) is 0 Å². The molecule has 0 heterocycles. The number of fused-ring (bicyclic) bond motifs is 1. The van der Waals surface area contributed by atoms with Gasteiger partial charge in [-0.15, -0.1) is 0 Å². The summed E-state index contributed by atoms with van der Waals surface area (Å²) < 4.78 is 0. The third-order valence-electron chi connectivity index (χ3n) is 4.22. The second-order valence-electron chi connectivity index (χ2n) is 5.72. The number of nitro groups is 1. The Morgan fingerprint density at radius 1 is 1.18 bits per heavy atom. The molecule has 1 atom stereocenters. The number of aryl methyl sites for hydroxylation is 1. The third kappa shape index (κ3) is 2.86. The lowest BCUT2D eigenvalue weighted by Gasteiger charge is -2.24. The van der Waals surface area contributed by atoms with Gasteiger partial charge in [-0.25, -0.2) is 0 Å². The number of non-ortho nitro benzene ring substituents is 1. The average molecular weight is 298 g/mol. The molecule has 1 aliphatic carbocycles. The highest BCUT2D eigenvalue weighted by Crippen LogP contribution is 2.36. The summed E-state index contributed by atoms with van der Waals surface area (Å²) in [5.41, 5.74) is 2.44. The van der Waals surface area contributed by atoms with Gasteiger partial charge in [-0.05, 0) is 29.5 Å². The van der Waals surface area contributed by atoms with E-state index in [1.54, 1.807) is 12.1 Å². The first kappa shape index (κ1) is 14.7. The Bertz CT molecular complexity index is 685. The molecule has 0 saturated carbocycles. The van der Waals surface area contributed by atoms with E-state index in [0.717, 1.165) is 24.0 Å². The first-order valence-corrected chi connectivity index (χ1v) is 7.33. The highest BCUT2D eigenvalue weighted by atomic mass is 16.6. The van der Waals surface area contributed by atoms with Gasteiger partial charge in [0.2, 0.25) is 0 Å². The molecule has 2 aromatic rings. The standard InChI is InChI=1S/C17H18N2O3/c20-17(10-9-14-3-1-2-4-16(14)17)12-18-11-13-5-7-15(8-6-13)19(21)22/h1-8,18,20H,9-12H2. The maximum absolute atomic E-state index is 10.8. The van der Waals surface area contributed by atoms with Crippen LogP contribution in [0.15, 0.2) is 48.5 Å². The Labute approximate surface area is 128 Å². The second-order valence-corrected chi connectivity index (χ2v) is 5.72. The van der Waals surface area contributed by atoms with Crippen molar-refractivity contribution < 1.29 is 10.0 Å². The first-order chi connectivity index (χ1) is 10.6. The summed E-state index contributed by atoms with van der Waals surface area (Å²) in [5.74, 6) is 0. The van der Waals surface area contributed by atoms with E-state index < -0.39 is 10.5 Å². The number of benzene rings is 2. The van der Waals surface area contributed by atoms with E-state index in [2.05, 4.69) is 11.4 Å². The Balaban J connectivity index is 1.60. The zero-order valence-electron chi connectivity index (χ0n) is 12.2. The van der Waals surface area contributed by atoms with Crippen molar-refractivity contribution in [3.63, 3.8) is 0 Å². The van der Waals surface area contributed by atoms with Crippen LogP contribution in [0.4, 0.5) is 5.69 Å². The molecular formula is C17H18N2O3. The van der Waals surface area contributed by atoms with Gasteiger partial charge >= 0.3 is 0 Å². The molecule has 3 rings (SSSR count). The molecule has 1 unspecified atom stereocenters. The maximum Gasteiger partial charge on any atom is 0.269 e. The van der Waals surface area contributed by atoms with Crippen molar-refractivity contribution in [1.29, 1.82) is 0 Å². The molecule has 0 amide bonds. The third-order valence-corrected chi connectivity index (χ3v) is 4.22. The van der Waals surface area contributed by atoms with E-state index in [1.165, 1.54) is 17.7 Å². The Morgan fingerprint density at radius 3 is 2.64 bits per heavy atom. The zero-order valence-corrected chi connectivity index (χ0v) is 12.2. The van der Waals surface area contributed by atoms with Crippen molar-refractivity contribution in [1.82, 2.24) is 5.32 Å². The van der Waals surface area contributed by atoms with Crippen LogP contribution in [0, 0.1) is 10.1 Å². The molecule has 0 aromatic heterocycles. The van der Waals surface area contributed by atoms with Crippen molar-refractivity contribution >= 4 is 5.69 Å². The number of hydrogen-bond acceptors (Lipinski definition) is 4. The molecule has 2 N–H and O–H groups in total. The quantitative estimate of drug-likeness (QED) is 0.657. The van der Waals surface area contributed by atoms with Crippen molar-refractivity contribution in [2.24, 2.45) is 0 Å². The Hall–Kier alpha value is -2.24. The van der Waals surface area contributed by atoms with Gasteiger partial charge in [0, 0.05) is 25.2 Å². The van der Waals surface area contributed by atoms with Gasteiger partial charge in [0.25, 0.3) is 5.69 Å². The summed E-state index contributed by atoms with van der Waals surface area (Å²) >= 11 is 0. The minimum Gasteiger partial charge on any atom is -0.384 e. The predicted octanol–water partition coefficient (Wildman–Crippen LogP) is 2.52.